The predicted octanol–water partition coefficient (Wildman–Crippen LogP) is 9.11. The molecule has 0 radical (unpaired) electrons. The number of pyridine rings is 2. The van der Waals surface area contributed by atoms with Crippen LogP contribution in [0.5, 0.6) is 0 Å². The number of halogens is 7. The van der Waals surface area contributed by atoms with Crippen molar-refractivity contribution in [2.45, 2.75) is 70.5 Å². The second-order valence-corrected chi connectivity index (χ2v) is 24.4. The molecule has 1 N–H and O–H groups in total. The van der Waals surface area contributed by atoms with Gasteiger partial charge in [0.25, 0.3) is 0 Å². The van der Waals surface area contributed by atoms with Crippen molar-refractivity contribution in [2.24, 2.45) is 0 Å². The highest BCUT2D eigenvalue weighted by molar-refractivity contribution is 6.76. The summed E-state index contributed by atoms with van der Waals surface area (Å²) in [6.07, 6.45) is -5.37. The normalized spacial score (nSPS) is 12.4. The lowest BCUT2D eigenvalue weighted by molar-refractivity contribution is -0.145. The second kappa shape index (κ2) is 16.9. The van der Waals surface area contributed by atoms with E-state index in [9.17, 15) is 35.9 Å². The van der Waals surface area contributed by atoms with Gasteiger partial charge in [-0.25, -0.2) is 9.97 Å². The third-order valence-electron chi connectivity index (χ3n) is 6.40. The fraction of sp³-hybridized carbons (Fsp3) is 0.467. The molecule has 4 heterocycles. The van der Waals surface area contributed by atoms with Gasteiger partial charge in [0.1, 0.15) is 35.5 Å². The van der Waals surface area contributed by atoms with E-state index in [4.69, 9.17) is 21.1 Å². The van der Waals surface area contributed by atoms with Crippen LogP contribution in [0.25, 0.3) is 22.1 Å². The number of aromatic nitrogens is 4. The van der Waals surface area contributed by atoms with E-state index in [0.29, 0.717) is 25.2 Å². The molecule has 4 rings (SSSR count). The summed E-state index contributed by atoms with van der Waals surface area (Å²) < 4.78 is 87.9. The van der Waals surface area contributed by atoms with Crippen molar-refractivity contribution in [1.29, 1.82) is 0 Å². The molecule has 4 aromatic rings. The molecule has 260 valence electrons. The first kappa shape index (κ1) is 40.1. The Hall–Kier alpha value is -3.06. The number of nitrogens with one attached hydrogen (secondary N) is 1. The fourth-order valence-electron chi connectivity index (χ4n) is 3.81. The van der Waals surface area contributed by atoms with Crippen LogP contribution < -0.4 is 0 Å². The molecule has 0 aliphatic heterocycles. The average Bonchev–Trinajstić information content (AvgIpc) is 3.56. The van der Waals surface area contributed by atoms with Gasteiger partial charge in [0.15, 0.2) is 12.6 Å². The molecular formula is C30H39ClF6N4O4Si2. The Morgan fingerprint density at radius 1 is 0.787 bits per heavy atom. The van der Waals surface area contributed by atoms with Gasteiger partial charge < -0.3 is 14.5 Å². The molecule has 0 aliphatic rings. The molecule has 0 fully saturated rings. The smallest absolute Gasteiger partial charge is 0.366 e. The summed E-state index contributed by atoms with van der Waals surface area (Å²) in [5.41, 5.74) is -0.925. The molecule has 0 atom stereocenters. The first-order valence-electron chi connectivity index (χ1n) is 14.4. The number of fused-ring (bicyclic) bond motifs is 2. The van der Waals surface area contributed by atoms with E-state index in [-0.39, 0.29) is 39.9 Å². The highest BCUT2D eigenvalue weighted by atomic mass is 35.5. The average molecular weight is 725 g/mol. The number of carbonyl (C=O) groups is 2. The lowest BCUT2D eigenvalue weighted by Gasteiger charge is -2.17. The van der Waals surface area contributed by atoms with Crippen molar-refractivity contribution in [3.05, 3.63) is 59.2 Å². The van der Waals surface area contributed by atoms with Crippen LogP contribution in [0.4, 0.5) is 26.3 Å². The SMILES string of the molecule is C[Si](C)(C)CCOCCl.C[Si](C)(C)CCOCn1c(C(F)(F)F)cc2cc(C=O)cnc21.O=Cc1cnc2[nH]c(C(F)(F)F)cc2c1. The minimum absolute atomic E-state index is 0.118. The lowest BCUT2D eigenvalue weighted by Crippen LogP contribution is -2.22. The molecule has 47 heavy (non-hydrogen) atoms. The zero-order valence-electron chi connectivity index (χ0n) is 27.0. The molecule has 0 bridgehead atoms. The standard InChI is InChI=1S/C15H19F3N2O2Si.C9H5F3N2O.C6H15ClOSi/c1-23(2,3)5-4-22-10-20-13(15(16,17)18)7-12-6-11(9-21)8-19-14(12)20;10-9(11,12)7-2-6-1-5(4-15)3-13-8(6)14-7;1-9(2,3)5-4-8-6-7/h6-9H,4-5,10H2,1-3H3;1-4H,(H,13,14);4-6H2,1-3H3. The van der Waals surface area contributed by atoms with E-state index in [2.05, 4.69) is 54.2 Å². The summed E-state index contributed by atoms with van der Waals surface area (Å²) in [5.74, 6) is 0. The zero-order valence-corrected chi connectivity index (χ0v) is 29.7. The maximum Gasteiger partial charge on any atom is 0.431 e. The lowest BCUT2D eigenvalue weighted by atomic mass is 10.2. The van der Waals surface area contributed by atoms with Crippen molar-refractivity contribution in [3.8, 4) is 0 Å². The molecule has 0 amide bonds. The number of alkyl halides is 7. The summed E-state index contributed by atoms with van der Waals surface area (Å²) in [6, 6.07) is 7.08. The van der Waals surface area contributed by atoms with E-state index in [0.717, 1.165) is 29.4 Å². The number of aromatic amines is 1. The summed E-state index contributed by atoms with van der Waals surface area (Å²) in [6.45, 7) is 14.5. The van der Waals surface area contributed by atoms with Crippen LogP contribution in [-0.4, -0.2) is 67.5 Å². The largest absolute Gasteiger partial charge is 0.431 e. The first-order chi connectivity index (χ1) is 21.7. The molecule has 0 saturated heterocycles. The van der Waals surface area contributed by atoms with Gasteiger partial charge in [0.2, 0.25) is 0 Å². The Labute approximate surface area is 275 Å². The van der Waals surface area contributed by atoms with Crippen molar-refractivity contribution in [1.82, 2.24) is 19.5 Å². The minimum Gasteiger partial charge on any atom is -0.366 e. The number of aldehydes is 2. The highest BCUT2D eigenvalue weighted by Crippen LogP contribution is 2.34. The van der Waals surface area contributed by atoms with Crippen LogP contribution in [0, 0.1) is 0 Å². The maximum atomic E-state index is 13.2. The molecule has 0 aromatic carbocycles. The number of carbonyl (C=O) groups excluding carboxylic acids is 2. The summed E-state index contributed by atoms with van der Waals surface area (Å²) in [4.78, 5) is 30.9. The van der Waals surface area contributed by atoms with Gasteiger partial charge in [-0.1, -0.05) is 50.9 Å². The number of ether oxygens (including phenoxy) is 2. The van der Waals surface area contributed by atoms with Crippen LogP contribution in [0.15, 0.2) is 36.7 Å². The van der Waals surface area contributed by atoms with Crippen molar-refractivity contribution in [2.75, 3.05) is 19.3 Å². The monoisotopic (exact) mass is 724 g/mol. The Kier molecular flexibility index (Phi) is 14.4. The van der Waals surface area contributed by atoms with Gasteiger partial charge >= 0.3 is 12.4 Å². The number of rotatable bonds is 11. The summed E-state index contributed by atoms with van der Waals surface area (Å²) >= 11 is 5.32. The third-order valence-corrected chi connectivity index (χ3v) is 9.97. The highest BCUT2D eigenvalue weighted by Gasteiger charge is 2.36. The van der Waals surface area contributed by atoms with E-state index < -0.39 is 39.9 Å². The second-order valence-electron chi connectivity index (χ2n) is 12.9. The third kappa shape index (κ3) is 13.5. The molecule has 0 spiro atoms. The summed E-state index contributed by atoms with van der Waals surface area (Å²) in [5, 5.41) is 0.544. The Bertz CT molecular complexity index is 1610. The topological polar surface area (TPSA) is 99.1 Å². The Morgan fingerprint density at radius 2 is 1.32 bits per heavy atom. The van der Waals surface area contributed by atoms with Gasteiger partial charge in [-0.2, -0.15) is 26.3 Å². The fourth-order valence-corrected chi connectivity index (χ4v) is 5.43. The number of H-pyrrole nitrogens is 1. The minimum atomic E-state index is -4.51. The zero-order chi connectivity index (χ0) is 35.6. The molecular weight excluding hydrogens is 686 g/mol. The van der Waals surface area contributed by atoms with Gasteiger partial charge in [0, 0.05) is 63.7 Å². The van der Waals surface area contributed by atoms with Crippen LogP contribution >= 0.6 is 11.6 Å². The molecule has 8 nitrogen and oxygen atoms in total. The molecule has 0 unspecified atom stereocenters. The maximum absolute atomic E-state index is 13.2. The molecule has 17 heteroatoms. The number of hydrogen-bond donors (Lipinski definition) is 1. The van der Waals surface area contributed by atoms with Gasteiger partial charge in [-0.3, -0.25) is 14.2 Å². The van der Waals surface area contributed by atoms with Crippen LogP contribution in [-0.2, 0) is 28.6 Å². The van der Waals surface area contributed by atoms with Crippen LogP contribution in [0.3, 0.4) is 0 Å². The molecule has 4 aromatic heterocycles. The van der Waals surface area contributed by atoms with E-state index in [1.165, 1.54) is 30.6 Å². The Balaban J connectivity index is 0.000000274. The van der Waals surface area contributed by atoms with Crippen molar-refractivity contribution in [3.63, 3.8) is 0 Å². The molecule has 0 saturated carbocycles. The Morgan fingerprint density at radius 3 is 1.81 bits per heavy atom. The van der Waals surface area contributed by atoms with Gasteiger partial charge in [-0.15, -0.1) is 0 Å². The quantitative estimate of drug-likeness (QED) is 0.0545. The van der Waals surface area contributed by atoms with Crippen molar-refractivity contribution < 1.29 is 45.4 Å². The van der Waals surface area contributed by atoms with Crippen molar-refractivity contribution >= 4 is 62.4 Å². The van der Waals surface area contributed by atoms with Gasteiger partial charge in [0.05, 0.1) is 0 Å². The number of nitrogens with zero attached hydrogens (tertiary/aromatic N) is 3. The summed E-state index contributed by atoms with van der Waals surface area (Å²) in [7, 11) is -2.18. The van der Waals surface area contributed by atoms with Crippen LogP contribution in [0.1, 0.15) is 32.1 Å². The first-order valence-corrected chi connectivity index (χ1v) is 22.4. The van der Waals surface area contributed by atoms with Gasteiger partial charge in [-0.05, 0) is 36.4 Å². The number of hydrogen-bond acceptors (Lipinski definition) is 6. The van der Waals surface area contributed by atoms with E-state index in [1.807, 2.05) is 0 Å². The van der Waals surface area contributed by atoms with E-state index >= 15 is 0 Å². The van der Waals surface area contributed by atoms with E-state index in [1.54, 1.807) is 0 Å². The molecule has 0 aliphatic carbocycles. The van der Waals surface area contributed by atoms with Crippen LogP contribution in [0.2, 0.25) is 51.4 Å². The predicted molar refractivity (Wildman–Crippen MR) is 176 cm³/mol.